The zero-order valence-corrected chi connectivity index (χ0v) is 5.80. The molecule has 1 heterocycles. The van der Waals surface area contributed by atoms with E-state index in [4.69, 9.17) is 21.1 Å². The Bertz CT molecular complexity index is 97.2. The van der Waals surface area contributed by atoms with Crippen molar-refractivity contribution >= 4 is 11.6 Å². The SMILES string of the molecule is ClC/C=C/C1OCCO1. The molecule has 1 aliphatic rings. The highest BCUT2D eigenvalue weighted by atomic mass is 35.5. The lowest BCUT2D eigenvalue weighted by atomic mass is 10.5. The number of hydrogen-bond acceptors (Lipinski definition) is 2. The molecule has 1 fully saturated rings. The van der Waals surface area contributed by atoms with Gasteiger partial charge in [-0.3, -0.25) is 0 Å². The molecule has 0 N–H and O–H groups in total. The van der Waals surface area contributed by atoms with Gasteiger partial charge >= 0.3 is 0 Å². The molecule has 52 valence electrons. The molecule has 0 aromatic rings. The minimum atomic E-state index is -0.149. The van der Waals surface area contributed by atoms with Gasteiger partial charge in [0.05, 0.1) is 13.2 Å². The highest BCUT2D eigenvalue weighted by Gasteiger charge is 2.10. The zero-order valence-electron chi connectivity index (χ0n) is 5.05. The topological polar surface area (TPSA) is 18.5 Å². The number of alkyl halides is 1. The summed E-state index contributed by atoms with van der Waals surface area (Å²) in [6, 6.07) is 0. The Balaban J connectivity index is 2.18. The van der Waals surface area contributed by atoms with Gasteiger partial charge in [0.2, 0.25) is 0 Å². The van der Waals surface area contributed by atoms with Crippen LogP contribution in [-0.4, -0.2) is 25.4 Å². The van der Waals surface area contributed by atoms with Crippen LogP contribution in [0.4, 0.5) is 0 Å². The molecule has 0 amide bonds. The molecule has 1 aliphatic heterocycles. The summed E-state index contributed by atoms with van der Waals surface area (Å²) in [6.45, 7) is 1.38. The van der Waals surface area contributed by atoms with E-state index >= 15 is 0 Å². The van der Waals surface area contributed by atoms with Crippen molar-refractivity contribution < 1.29 is 9.47 Å². The average molecular weight is 149 g/mol. The van der Waals surface area contributed by atoms with Crippen LogP contribution >= 0.6 is 11.6 Å². The third-order valence-electron chi connectivity index (χ3n) is 1.03. The Morgan fingerprint density at radius 3 is 2.67 bits per heavy atom. The molecular formula is C6H9ClO2. The first kappa shape index (κ1) is 7.06. The molecule has 0 aromatic carbocycles. The van der Waals surface area contributed by atoms with Gasteiger partial charge < -0.3 is 9.47 Å². The quantitative estimate of drug-likeness (QED) is 0.432. The van der Waals surface area contributed by atoms with Crippen molar-refractivity contribution in [1.29, 1.82) is 0 Å². The standard InChI is InChI=1S/C6H9ClO2/c7-3-1-2-6-8-4-5-9-6/h1-2,6H,3-5H2/b2-1+. The lowest BCUT2D eigenvalue weighted by molar-refractivity contribution is -0.00161. The molecule has 0 radical (unpaired) electrons. The molecule has 0 unspecified atom stereocenters. The predicted molar refractivity (Wildman–Crippen MR) is 35.6 cm³/mol. The first-order valence-corrected chi connectivity index (χ1v) is 3.43. The molecule has 9 heavy (non-hydrogen) atoms. The molecular weight excluding hydrogens is 140 g/mol. The van der Waals surface area contributed by atoms with Crippen LogP contribution in [0.1, 0.15) is 0 Å². The smallest absolute Gasteiger partial charge is 0.177 e. The summed E-state index contributed by atoms with van der Waals surface area (Å²) in [6.07, 6.45) is 3.49. The van der Waals surface area contributed by atoms with Gasteiger partial charge in [0.25, 0.3) is 0 Å². The maximum Gasteiger partial charge on any atom is 0.177 e. The summed E-state index contributed by atoms with van der Waals surface area (Å²) < 4.78 is 10.2. The highest BCUT2D eigenvalue weighted by molar-refractivity contribution is 6.18. The largest absolute Gasteiger partial charge is 0.347 e. The van der Waals surface area contributed by atoms with Gasteiger partial charge in [0.1, 0.15) is 0 Å². The fraction of sp³-hybridized carbons (Fsp3) is 0.667. The molecule has 0 spiro atoms. The van der Waals surface area contributed by atoms with Gasteiger partial charge in [-0.1, -0.05) is 6.08 Å². The van der Waals surface area contributed by atoms with Crippen LogP contribution in [0, 0.1) is 0 Å². The average Bonchev–Trinajstić information content (AvgIpc) is 2.34. The van der Waals surface area contributed by atoms with Crippen molar-refractivity contribution in [3.63, 3.8) is 0 Å². The Morgan fingerprint density at radius 2 is 2.11 bits per heavy atom. The fourth-order valence-corrected chi connectivity index (χ4v) is 0.753. The number of hydrogen-bond donors (Lipinski definition) is 0. The lowest BCUT2D eigenvalue weighted by Gasteiger charge is -1.99. The Morgan fingerprint density at radius 1 is 1.44 bits per heavy atom. The van der Waals surface area contributed by atoms with E-state index in [2.05, 4.69) is 0 Å². The predicted octanol–water partition coefficient (Wildman–Crippen LogP) is 1.15. The molecule has 1 rings (SSSR count). The number of allylic oxidation sites excluding steroid dienone is 1. The number of rotatable bonds is 2. The van der Waals surface area contributed by atoms with Crippen molar-refractivity contribution in [2.75, 3.05) is 19.1 Å². The summed E-state index contributed by atoms with van der Waals surface area (Å²) >= 11 is 5.38. The molecule has 2 nitrogen and oxygen atoms in total. The summed E-state index contributed by atoms with van der Waals surface area (Å²) in [4.78, 5) is 0. The molecule has 0 bridgehead atoms. The number of halogens is 1. The van der Waals surface area contributed by atoms with E-state index < -0.39 is 0 Å². The molecule has 0 saturated carbocycles. The van der Waals surface area contributed by atoms with Gasteiger partial charge in [0.15, 0.2) is 6.29 Å². The molecule has 1 saturated heterocycles. The Kier molecular flexibility index (Phi) is 3.04. The number of ether oxygens (including phenoxy) is 2. The second-order valence-electron chi connectivity index (χ2n) is 1.69. The lowest BCUT2D eigenvalue weighted by Crippen LogP contribution is -2.01. The van der Waals surface area contributed by atoms with Crippen LogP contribution in [0.5, 0.6) is 0 Å². The van der Waals surface area contributed by atoms with E-state index in [0.717, 1.165) is 0 Å². The molecule has 0 aliphatic carbocycles. The van der Waals surface area contributed by atoms with Gasteiger partial charge in [-0.05, 0) is 6.08 Å². The van der Waals surface area contributed by atoms with Crippen molar-refractivity contribution in [3.8, 4) is 0 Å². The van der Waals surface area contributed by atoms with Crippen LogP contribution in [-0.2, 0) is 9.47 Å². The van der Waals surface area contributed by atoms with Crippen molar-refractivity contribution in [2.45, 2.75) is 6.29 Å². The first-order valence-electron chi connectivity index (χ1n) is 2.89. The van der Waals surface area contributed by atoms with Crippen LogP contribution in [0.15, 0.2) is 12.2 Å². The van der Waals surface area contributed by atoms with Crippen LogP contribution < -0.4 is 0 Å². The minimum Gasteiger partial charge on any atom is -0.347 e. The second-order valence-corrected chi connectivity index (χ2v) is 2.00. The maximum atomic E-state index is 5.38. The van der Waals surface area contributed by atoms with Crippen LogP contribution in [0.3, 0.4) is 0 Å². The van der Waals surface area contributed by atoms with E-state index in [-0.39, 0.29) is 6.29 Å². The summed E-state index contributed by atoms with van der Waals surface area (Å²) in [5.41, 5.74) is 0. The molecule has 0 atom stereocenters. The normalized spacial score (nSPS) is 21.9. The molecule has 0 aromatic heterocycles. The van der Waals surface area contributed by atoms with Crippen LogP contribution in [0.25, 0.3) is 0 Å². The van der Waals surface area contributed by atoms with E-state index in [0.29, 0.717) is 19.1 Å². The first-order chi connectivity index (χ1) is 4.43. The van der Waals surface area contributed by atoms with E-state index in [1.165, 1.54) is 0 Å². The van der Waals surface area contributed by atoms with E-state index in [1.54, 1.807) is 0 Å². The monoisotopic (exact) mass is 148 g/mol. The minimum absolute atomic E-state index is 0.149. The maximum absolute atomic E-state index is 5.38. The summed E-state index contributed by atoms with van der Waals surface area (Å²) in [5, 5.41) is 0. The molecule has 3 heteroatoms. The van der Waals surface area contributed by atoms with Gasteiger partial charge in [0, 0.05) is 5.88 Å². The third-order valence-corrected chi connectivity index (χ3v) is 1.21. The van der Waals surface area contributed by atoms with Gasteiger partial charge in [-0.2, -0.15) is 0 Å². The second kappa shape index (κ2) is 3.88. The Hall–Kier alpha value is -0.0500. The third kappa shape index (κ3) is 2.35. The van der Waals surface area contributed by atoms with E-state index in [9.17, 15) is 0 Å². The van der Waals surface area contributed by atoms with Crippen LogP contribution in [0.2, 0.25) is 0 Å². The van der Waals surface area contributed by atoms with Gasteiger partial charge in [-0.15, -0.1) is 11.6 Å². The van der Waals surface area contributed by atoms with Gasteiger partial charge in [-0.25, -0.2) is 0 Å². The summed E-state index contributed by atoms with van der Waals surface area (Å²) in [5.74, 6) is 0.517. The van der Waals surface area contributed by atoms with Crippen molar-refractivity contribution in [1.82, 2.24) is 0 Å². The fourth-order valence-electron chi connectivity index (χ4n) is 0.650. The summed E-state index contributed by atoms with van der Waals surface area (Å²) in [7, 11) is 0. The Labute approximate surface area is 59.4 Å². The zero-order chi connectivity index (χ0) is 6.53. The highest BCUT2D eigenvalue weighted by Crippen LogP contribution is 2.04. The van der Waals surface area contributed by atoms with Crippen molar-refractivity contribution in [2.24, 2.45) is 0 Å². The van der Waals surface area contributed by atoms with E-state index in [1.807, 2.05) is 12.2 Å². The van der Waals surface area contributed by atoms with Crippen molar-refractivity contribution in [3.05, 3.63) is 12.2 Å².